The molecule has 1 atom stereocenters. The largest absolute Gasteiger partial charge is 0.351 e. The molecule has 0 spiro atoms. The molecule has 0 aliphatic heterocycles. The first-order chi connectivity index (χ1) is 9.06. The van der Waals surface area contributed by atoms with E-state index in [2.05, 4.69) is 5.32 Å². The Hall–Kier alpha value is -0.780. The van der Waals surface area contributed by atoms with Gasteiger partial charge in [0.05, 0.1) is 10.3 Å². The van der Waals surface area contributed by atoms with Gasteiger partial charge in [-0.05, 0) is 31.0 Å². The molecule has 110 valence electrons. The third-order valence-corrected chi connectivity index (χ3v) is 5.79. The van der Waals surface area contributed by atoms with E-state index in [9.17, 15) is 13.2 Å². The van der Waals surface area contributed by atoms with Gasteiger partial charge < -0.3 is 5.32 Å². The Balaban J connectivity index is 1.97. The van der Waals surface area contributed by atoms with Gasteiger partial charge in [-0.3, -0.25) is 4.79 Å². The molecule has 1 amide bonds. The predicted octanol–water partition coefficient (Wildman–Crippen LogP) is 2.29. The first-order valence-electron chi connectivity index (χ1n) is 6.01. The second-order valence-corrected chi connectivity index (χ2v) is 8.81. The second-order valence-electron chi connectivity index (χ2n) is 5.31. The monoisotopic (exact) mass is 335 g/mol. The lowest BCUT2D eigenvalue weighted by Gasteiger charge is -2.12. The van der Waals surface area contributed by atoms with Crippen molar-refractivity contribution >= 4 is 38.9 Å². The quantitative estimate of drug-likeness (QED) is 0.858. The van der Waals surface area contributed by atoms with Gasteiger partial charge in [0.25, 0.3) is 0 Å². The summed E-state index contributed by atoms with van der Waals surface area (Å²) in [5.74, 6) is -0.199. The summed E-state index contributed by atoms with van der Waals surface area (Å²) in [4.78, 5) is 12.2. The van der Waals surface area contributed by atoms with E-state index < -0.39 is 19.6 Å². The predicted molar refractivity (Wildman–Crippen MR) is 78.6 cm³/mol. The molecule has 1 unspecified atom stereocenters. The normalized spacial score (nSPS) is 24.2. The Morgan fingerprint density at radius 1 is 1.30 bits per heavy atom. The Kier molecular flexibility index (Phi) is 3.82. The van der Waals surface area contributed by atoms with Crippen molar-refractivity contribution in [1.82, 2.24) is 5.32 Å². The molecule has 0 aromatic heterocycles. The SMILES string of the molecule is CC1(C(=O)NCc2ccc(S(C)(=O)=O)cc2)CC1(Cl)Cl. The summed E-state index contributed by atoms with van der Waals surface area (Å²) >= 11 is 11.9. The van der Waals surface area contributed by atoms with Crippen molar-refractivity contribution in [2.45, 2.75) is 29.1 Å². The minimum absolute atomic E-state index is 0.199. The number of hydrogen-bond donors (Lipinski definition) is 1. The second kappa shape index (κ2) is 4.90. The average molecular weight is 336 g/mol. The van der Waals surface area contributed by atoms with E-state index in [1.807, 2.05) is 0 Å². The van der Waals surface area contributed by atoms with E-state index in [-0.39, 0.29) is 10.8 Å². The van der Waals surface area contributed by atoms with Crippen molar-refractivity contribution in [2.75, 3.05) is 6.26 Å². The van der Waals surface area contributed by atoms with E-state index in [4.69, 9.17) is 23.2 Å². The number of benzene rings is 1. The van der Waals surface area contributed by atoms with Crippen LogP contribution in [0.5, 0.6) is 0 Å². The standard InChI is InChI=1S/C13H15Cl2NO3S/c1-12(8-13(12,14)15)11(17)16-7-9-3-5-10(6-4-9)20(2,18)19/h3-6H,7-8H2,1-2H3,(H,16,17). The maximum absolute atomic E-state index is 12.0. The molecule has 7 heteroatoms. The van der Waals surface area contributed by atoms with Crippen LogP contribution in [0, 0.1) is 5.41 Å². The van der Waals surface area contributed by atoms with Gasteiger partial charge in [-0.15, -0.1) is 23.2 Å². The lowest BCUT2D eigenvalue weighted by atomic mass is 10.1. The number of rotatable bonds is 4. The van der Waals surface area contributed by atoms with Crippen molar-refractivity contribution in [3.05, 3.63) is 29.8 Å². The summed E-state index contributed by atoms with van der Waals surface area (Å²) in [5, 5.41) is 2.76. The average Bonchev–Trinajstić information content (AvgIpc) is 2.86. The lowest BCUT2D eigenvalue weighted by Crippen LogP contribution is -2.32. The van der Waals surface area contributed by atoms with E-state index in [1.165, 1.54) is 12.1 Å². The number of carbonyl (C=O) groups is 1. The molecule has 1 saturated carbocycles. The molecule has 0 saturated heterocycles. The van der Waals surface area contributed by atoms with Crippen molar-refractivity contribution < 1.29 is 13.2 Å². The molecule has 1 aliphatic rings. The van der Waals surface area contributed by atoms with Crippen LogP contribution in [0.4, 0.5) is 0 Å². The zero-order valence-electron chi connectivity index (χ0n) is 11.1. The van der Waals surface area contributed by atoms with Crippen LogP contribution >= 0.6 is 23.2 Å². The molecule has 1 fully saturated rings. The highest BCUT2D eigenvalue weighted by atomic mass is 35.5. The highest BCUT2D eigenvalue weighted by Crippen LogP contribution is 2.63. The van der Waals surface area contributed by atoms with Gasteiger partial charge in [0.1, 0.15) is 4.33 Å². The summed E-state index contributed by atoms with van der Waals surface area (Å²) in [5.41, 5.74) is 0.0627. The van der Waals surface area contributed by atoms with Gasteiger partial charge in [-0.25, -0.2) is 8.42 Å². The fourth-order valence-electron chi connectivity index (χ4n) is 1.88. The highest BCUT2D eigenvalue weighted by Gasteiger charge is 2.67. The van der Waals surface area contributed by atoms with E-state index in [0.717, 1.165) is 11.8 Å². The first-order valence-corrected chi connectivity index (χ1v) is 8.66. The maximum atomic E-state index is 12.0. The number of halogens is 2. The molecule has 1 aliphatic carbocycles. The molecular weight excluding hydrogens is 321 g/mol. The fraction of sp³-hybridized carbons (Fsp3) is 0.462. The number of amides is 1. The smallest absolute Gasteiger partial charge is 0.229 e. The van der Waals surface area contributed by atoms with Gasteiger partial charge in [-0.2, -0.15) is 0 Å². The molecule has 0 heterocycles. The Morgan fingerprint density at radius 3 is 2.20 bits per heavy atom. The molecule has 2 rings (SSSR count). The molecule has 1 N–H and O–H groups in total. The first kappa shape index (κ1) is 15.6. The molecule has 0 radical (unpaired) electrons. The molecule has 1 aromatic carbocycles. The summed E-state index contributed by atoms with van der Waals surface area (Å²) in [7, 11) is -3.20. The number of carbonyl (C=O) groups excluding carboxylic acids is 1. The molecular formula is C13H15Cl2NO3S. The number of hydrogen-bond acceptors (Lipinski definition) is 3. The third kappa shape index (κ3) is 2.95. The number of alkyl halides is 2. The van der Waals surface area contributed by atoms with Crippen molar-refractivity contribution in [1.29, 1.82) is 0 Å². The maximum Gasteiger partial charge on any atom is 0.229 e. The zero-order valence-corrected chi connectivity index (χ0v) is 13.4. The highest BCUT2D eigenvalue weighted by molar-refractivity contribution is 7.90. The van der Waals surface area contributed by atoms with Crippen molar-refractivity contribution in [3.63, 3.8) is 0 Å². The van der Waals surface area contributed by atoms with Crippen LogP contribution in [-0.4, -0.2) is 24.9 Å². The van der Waals surface area contributed by atoms with Crippen molar-refractivity contribution in [2.24, 2.45) is 5.41 Å². The summed E-state index contributed by atoms with van der Waals surface area (Å²) < 4.78 is 21.7. The number of nitrogens with one attached hydrogen (secondary N) is 1. The lowest BCUT2D eigenvalue weighted by molar-refractivity contribution is -0.125. The van der Waals surface area contributed by atoms with Crippen LogP contribution in [0.15, 0.2) is 29.2 Å². The van der Waals surface area contributed by atoms with Crippen LogP contribution in [0.1, 0.15) is 18.9 Å². The fourth-order valence-corrected chi connectivity index (χ4v) is 3.21. The van der Waals surface area contributed by atoms with Crippen LogP contribution < -0.4 is 5.32 Å². The van der Waals surface area contributed by atoms with Gasteiger partial charge in [0.15, 0.2) is 9.84 Å². The molecule has 0 bridgehead atoms. The summed E-state index contributed by atoms with van der Waals surface area (Å²) in [6, 6.07) is 6.37. The summed E-state index contributed by atoms with van der Waals surface area (Å²) in [6.45, 7) is 2.03. The van der Waals surface area contributed by atoms with E-state index in [0.29, 0.717) is 13.0 Å². The Morgan fingerprint density at radius 2 is 1.80 bits per heavy atom. The minimum Gasteiger partial charge on any atom is -0.351 e. The molecule has 4 nitrogen and oxygen atoms in total. The molecule has 1 aromatic rings. The van der Waals surface area contributed by atoms with E-state index in [1.54, 1.807) is 19.1 Å². The van der Waals surface area contributed by atoms with Crippen LogP contribution in [0.3, 0.4) is 0 Å². The summed E-state index contributed by atoms with van der Waals surface area (Å²) in [6.07, 6.45) is 1.58. The van der Waals surface area contributed by atoms with Gasteiger partial charge in [0.2, 0.25) is 5.91 Å². The van der Waals surface area contributed by atoms with E-state index >= 15 is 0 Å². The molecule has 20 heavy (non-hydrogen) atoms. The Bertz CT molecular complexity index is 640. The van der Waals surface area contributed by atoms with Gasteiger partial charge in [-0.1, -0.05) is 12.1 Å². The van der Waals surface area contributed by atoms with Crippen LogP contribution in [-0.2, 0) is 21.2 Å². The van der Waals surface area contributed by atoms with Gasteiger partial charge >= 0.3 is 0 Å². The van der Waals surface area contributed by atoms with Crippen LogP contribution in [0.2, 0.25) is 0 Å². The van der Waals surface area contributed by atoms with Crippen LogP contribution in [0.25, 0.3) is 0 Å². The number of sulfone groups is 1. The van der Waals surface area contributed by atoms with Crippen molar-refractivity contribution in [3.8, 4) is 0 Å². The third-order valence-electron chi connectivity index (χ3n) is 3.56. The van der Waals surface area contributed by atoms with Gasteiger partial charge in [0, 0.05) is 12.8 Å². The zero-order chi connectivity index (χ0) is 15.2. The minimum atomic E-state index is -3.20. The topological polar surface area (TPSA) is 63.2 Å². The Labute approximate surface area is 128 Å².